The lowest BCUT2D eigenvalue weighted by molar-refractivity contribution is -0.144. The Labute approximate surface area is 136 Å². The van der Waals surface area contributed by atoms with E-state index in [-0.39, 0.29) is 18.4 Å². The highest BCUT2D eigenvalue weighted by molar-refractivity contribution is 6.34. The van der Waals surface area contributed by atoms with Gasteiger partial charge in [-0.15, -0.1) is 0 Å². The monoisotopic (exact) mass is 326 g/mol. The molecular weight excluding hydrogens is 304 g/mol. The van der Waals surface area contributed by atoms with Gasteiger partial charge in [0, 0.05) is 0 Å². The van der Waals surface area contributed by atoms with E-state index in [1.165, 1.54) is 0 Å². The van der Waals surface area contributed by atoms with Crippen LogP contribution in [0.3, 0.4) is 0 Å². The van der Waals surface area contributed by atoms with Crippen LogP contribution in [0.2, 0.25) is 5.02 Å². The second kappa shape index (κ2) is 8.15. The average Bonchev–Trinajstić information content (AvgIpc) is 2.41. The summed E-state index contributed by atoms with van der Waals surface area (Å²) in [5, 5.41) is 3.33. The summed E-state index contributed by atoms with van der Waals surface area (Å²) in [6.07, 6.45) is 0. The maximum absolute atomic E-state index is 12.3. The summed E-state index contributed by atoms with van der Waals surface area (Å²) in [6.45, 7) is 7.69. The Morgan fingerprint density at radius 1 is 1.36 bits per heavy atom. The standard InChI is InChI=1S/C16H23ClN2O3/c1-6-22-14(20)9-19(5)12(4)16(21)18-15-11(3)7-10(2)8-13(15)17/h7-8,12H,6,9H2,1-5H3,(H,18,21). The van der Waals surface area contributed by atoms with Gasteiger partial charge in [-0.1, -0.05) is 17.7 Å². The maximum Gasteiger partial charge on any atom is 0.320 e. The number of likely N-dealkylation sites (N-methyl/N-ethyl adjacent to an activating group) is 1. The van der Waals surface area contributed by atoms with Crippen LogP contribution in [0.5, 0.6) is 0 Å². The minimum absolute atomic E-state index is 0.0586. The first-order valence-corrected chi connectivity index (χ1v) is 7.57. The van der Waals surface area contributed by atoms with Crippen LogP contribution in [-0.2, 0) is 14.3 Å². The van der Waals surface area contributed by atoms with Crippen molar-refractivity contribution < 1.29 is 14.3 Å². The van der Waals surface area contributed by atoms with Gasteiger partial charge in [-0.2, -0.15) is 0 Å². The highest BCUT2D eigenvalue weighted by atomic mass is 35.5. The molecule has 1 amide bonds. The summed E-state index contributed by atoms with van der Waals surface area (Å²) in [6, 6.07) is 3.27. The predicted molar refractivity (Wildman–Crippen MR) is 88.3 cm³/mol. The zero-order valence-electron chi connectivity index (χ0n) is 13.7. The molecule has 122 valence electrons. The van der Waals surface area contributed by atoms with Crippen molar-refractivity contribution in [2.45, 2.75) is 33.7 Å². The molecule has 1 aromatic rings. The van der Waals surface area contributed by atoms with E-state index in [2.05, 4.69) is 5.32 Å². The van der Waals surface area contributed by atoms with Gasteiger partial charge in [0.15, 0.2) is 0 Å². The number of benzene rings is 1. The molecule has 1 rings (SSSR count). The van der Waals surface area contributed by atoms with Gasteiger partial charge in [0.1, 0.15) is 0 Å². The minimum atomic E-state index is -0.485. The van der Waals surface area contributed by atoms with E-state index in [0.717, 1.165) is 11.1 Å². The van der Waals surface area contributed by atoms with Crippen LogP contribution in [0.25, 0.3) is 0 Å². The summed E-state index contributed by atoms with van der Waals surface area (Å²) < 4.78 is 4.88. The molecule has 22 heavy (non-hydrogen) atoms. The zero-order valence-corrected chi connectivity index (χ0v) is 14.5. The van der Waals surface area contributed by atoms with Crippen LogP contribution in [-0.4, -0.2) is 43.0 Å². The van der Waals surface area contributed by atoms with Crippen LogP contribution in [0, 0.1) is 13.8 Å². The Hall–Kier alpha value is -1.59. The molecule has 0 aliphatic heterocycles. The second-order valence-electron chi connectivity index (χ2n) is 5.32. The number of ether oxygens (including phenoxy) is 1. The number of nitrogens with zero attached hydrogens (tertiary/aromatic N) is 1. The molecule has 0 aliphatic carbocycles. The molecule has 6 heteroatoms. The summed E-state index contributed by atoms with van der Waals surface area (Å²) in [5.41, 5.74) is 2.54. The first-order chi connectivity index (χ1) is 10.3. The highest BCUT2D eigenvalue weighted by Gasteiger charge is 2.21. The highest BCUT2D eigenvalue weighted by Crippen LogP contribution is 2.27. The molecule has 0 saturated heterocycles. The topological polar surface area (TPSA) is 58.6 Å². The number of carbonyl (C=O) groups excluding carboxylic acids is 2. The normalized spacial score (nSPS) is 12.1. The number of aryl methyl sites for hydroxylation is 2. The SMILES string of the molecule is CCOC(=O)CN(C)C(C)C(=O)Nc1c(C)cc(C)cc1Cl. The number of nitrogens with one attached hydrogen (secondary N) is 1. The summed E-state index contributed by atoms with van der Waals surface area (Å²) in [4.78, 5) is 25.4. The molecule has 0 heterocycles. The van der Waals surface area contributed by atoms with E-state index >= 15 is 0 Å². The number of carbonyl (C=O) groups is 2. The van der Waals surface area contributed by atoms with Crippen LogP contribution >= 0.6 is 11.6 Å². The molecule has 0 bridgehead atoms. The number of anilines is 1. The van der Waals surface area contributed by atoms with Gasteiger partial charge in [-0.3, -0.25) is 14.5 Å². The van der Waals surface area contributed by atoms with E-state index in [1.807, 2.05) is 19.9 Å². The molecule has 0 aliphatic rings. The largest absolute Gasteiger partial charge is 0.465 e. The Balaban J connectivity index is 2.74. The Bertz CT molecular complexity index is 537. The van der Waals surface area contributed by atoms with Gasteiger partial charge in [0.25, 0.3) is 0 Å². The third-order valence-corrected chi connectivity index (χ3v) is 3.70. The van der Waals surface area contributed by atoms with Gasteiger partial charge in [0.2, 0.25) is 5.91 Å². The smallest absolute Gasteiger partial charge is 0.320 e. The number of halogens is 1. The molecule has 1 unspecified atom stereocenters. The lowest BCUT2D eigenvalue weighted by atomic mass is 10.1. The third kappa shape index (κ3) is 5.00. The lowest BCUT2D eigenvalue weighted by Crippen LogP contribution is -2.42. The molecule has 1 aromatic carbocycles. The number of hydrogen-bond donors (Lipinski definition) is 1. The van der Waals surface area contributed by atoms with Crippen molar-refractivity contribution in [1.29, 1.82) is 0 Å². The number of amides is 1. The van der Waals surface area contributed by atoms with E-state index in [1.54, 1.807) is 31.9 Å². The van der Waals surface area contributed by atoms with Gasteiger partial charge < -0.3 is 10.1 Å². The molecular formula is C16H23ClN2O3. The van der Waals surface area contributed by atoms with Crippen LogP contribution in [0.1, 0.15) is 25.0 Å². The molecule has 0 radical (unpaired) electrons. The molecule has 0 aromatic heterocycles. The van der Waals surface area contributed by atoms with E-state index in [4.69, 9.17) is 16.3 Å². The zero-order chi connectivity index (χ0) is 16.9. The second-order valence-corrected chi connectivity index (χ2v) is 5.73. The first-order valence-electron chi connectivity index (χ1n) is 7.19. The summed E-state index contributed by atoms with van der Waals surface area (Å²) >= 11 is 6.19. The van der Waals surface area contributed by atoms with Crippen molar-refractivity contribution >= 4 is 29.2 Å². The summed E-state index contributed by atoms with van der Waals surface area (Å²) in [5.74, 6) is -0.574. The Kier molecular flexibility index (Phi) is 6.84. The minimum Gasteiger partial charge on any atom is -0.465 e. The Morgan fingerprint density at radius 2 is 2.00 bits per heavy atom. The lowest BCUT2D eigenvalue weighted by Gasteiger charge is -2.23. The van der Waals surface area contributed by atoms with Crippen LogP contribution < -0.4 is 5.32 Å². The molecule has 1 N–H and O–H groups in total. The van der Waals surface area contributed by atoms with Crippen LogP contribution in [0.15, 0.2) is 12.1 Å². The van der Waals surface area contributed by atoms with Gasteiger partial charge in [0.05, 0.1) is 29.9 Å². The van der Waals surface area contributed by atoms with E-state index in [9.17, 15) is 9.59 Å². The average molecular weight is 327 g/mol. The fraction of sp³-hybridized carbons (Fsp3) is 0.500. The quantitative estimate of drug-likeness (QED) is 0.817. The van der Waals surface area contributed by atoms with Crippen molar-refractivity contribution in [3.63, 3.8) is 0 Å². The molecule has 0 spiro atoms. The van der Waals surface area contributed by atoms with Crippen molar-refractivity contribution in [2.24, 2.45) is 0 Å². The molecule has 5 nitrogen and oxygen atoms in total. The predicted octanol–water partition coefficient (Wildman–Crippen LogP) is 2.78. The third-order valence-electron chi connectivity index (χ3n) is 3.40. The van der Waals surface area contributed by atoms with Gasteiger partial charge in [-0.25, -0.2) is 0 Å². The number of rotatable bonds is 6. The van der Waals surface area contributed by atoms with E-state index in [0.29, 0.717) is 17.3 Å². The fourth-order valence-corrected chi connectivity index (χ4v) is 2.42. The van der Waals surface area contributed by atoms with Gasteiger partial charge in [-0.05, 0) is 51.9 Å². The van der Waals surface area contributed by atoms with Crippen molar-refractivity contribution in [1.82, 2.24) is 4.90 Å². The fourth-order valence-electron chi connectivity index (χ4n) is 2.05. The van der Waals surface area contributed by atoms with Crippen LogP contribution in [0.4, 0.5) is 5.69 Å². The van der Waals surface area contributed by atoms with Crippen molar-refractivity contribution in [3.8, 4) is 0 Å². The first kappa shape index (κ1) is 18.5. The Morgan fingerprint density at radius 3 is 2.55 bits per heavy atom. The molecule has 0 fully saturated rings. The van der Waals surface area contributed by atoms with Gasteiger partial charge >= 0.3 is 5.97 Å². The molecule has 0 saturated carbocycles. The van der Waals surface area contributed by atoms with Crippen molar-refractivity contribution in [2.75, 3.05) is 25.5 Å². The summed E-state index contributed by atoms with van der Waals surface area (Å²) in [7, 11) is 1.70. The van der Waals surface area contributed by atoms with E-state index < -0.39 is 6.04 Å². The number of hydrogen-bond acceptors (Lipinski definition) is 4. The maximum atomic E-state index is 12.3. The van der Waals surface area contributed by atoms with Crippen molar-refractivity contribution in [3.05, 3.63) is 28.3 Å². The number of esters is 1. The molecule has 1 atom stereocenters.